The second-order valence-corrected chi connectivity index (χ2v) is 20.5. The molecule has 0 aromatic heterocycles. The molecule has 0 amide bonds. The quantitative estimate of drug-likeness (QED) is 0.0420. The van der Waals surface area contributed by atoms with Gasteiger partial charge in [0.2, 0.25) is 0 Å². The van der Waals surface area contributed by atoms with E-state index in [4.69, 9.17) is 18.6 Å². The Bertz CT molecular complexity index is 735. The lowest BCUT2D eigenvalue weighted by molar-refractivity contribution is -0.138. The van der Waals surface area contributed by atoms with Crippen molar-refractivity contribution >= 4 is 22.4 Å². The van der Waals surface area contributed by atoms with Crippen molar-refractivity contribution in [3.8, 4) is 0 Å². The third kappa shape index (κ3) is 16.3. The number of esters is 1. The molecule has 0 aliphatic heterocycles. The van der Waals surface area contributed by atoms with Gasteiger partial charge in [0.05, 0.1) is 12.7 Å². The predicted octanol–water partition coefficient (Wildman–Crippen LogP) is 7.83. The fourth-order valence-corrected chi connectivity index (χ4v) is 7.06. The van der Waals surface area contributed by atoms with Gasteiger partial charge < -0.3 is 18.6 Å². The van der Waals surface area contributed by atoms with Gasteiger partial charge in [0.25, 0.3) is 0 Å². The summed E-state index contributed by atoms with van der Waals surface area (Å²) in [5, 5.41) is 0. The molecule has 0 aromatic carbocycles. The Kier molecular flexibility index (Phi) is 18.8. The summed E-state index contributed by atoms with van der Waals surface area (Å²) >= 11 is 0. The van der Waals surface area contributed by atoms with E-state index >= 15 is 0 Å². The van der Waals surface area contributed by atoms with E-state index in [2.05, 4.69) is 53.4 Å². The number of carbonyl (C=O) groups excluding carboxylic acids is 1. The van der Waals surface area contributed by atoms with Crippen LogP contribution in [-0.4, -0.2) is 54.6 Å². The van der Waals surface area contributed by atoms with Crippen molar-refractivity contribution in [2.45, 2.75) is 97.6 Å². The average Bonchev–Trinajstić information content (AvgIpc) is 2.84. The molecule has 0 unspecified atom stereocenters. The summed E-state index contributed by atoms with van der Waals surface area (Å²) in [4.78, 5) is 11.6. The average molecular weight is 537 g/mol. The minimum absolute atomic E-state index is 0.0327. The Morgan fingerprint density at radius 2 is 1.42 bits per heavy atom. The molecule has 0 spiro atoms. The maximum atomic E-state index is 11.6. The van der Waals surface area contributed by atoms with Crippen LogP contribution in [0.25, 0.3) is 0 Å². The first-order chi connectivity index (χ1) is 17.0. The molecular formula is C29H52O5Si2. The lowest BCUT2D eigenvalue weighted by Crippen LogP contribution is -2.43. The van der Waals surface area contributed by atoms with Crippen LogP contribution in [0.15, 0.2) is 60.3 Å². The zero-order chi connectivity index (χ0) is 27.5. The number of hydrogen-bond donors (Lipinski definition) is 0. The summed E-state index contributed by atoms with van der Waals surface area (Å²) in [6.45, 7) is 20.8. The lowest BCUT2D eigenvalue weighted by atomic mass is 10.2. The lowest BCUT2D eigenvalue weighted by Gasteiger charge is -2.34. The zero-order valence-corrected chi connectivity index (χ0v) is 26.3. The second-order valence-electron chi connectivity index (χ2n) is 10.1. The van der Waals surface area contributed by atoms with Crippen molar-refractivity contribution in [2.24, 2.45) is 0 Å². The molecule has 0 radical (unpaired) electrons. The van der Waals surface area contributed by atoms with Crippen LogP contribution in [0.5, 0.6) is 0 Å². The molecule has 2 atom stereocenters. The number of ether oxygens (including phenoxy) is 3. The predicted molar refractivity (Wildman–Crippen MR) is 159 cm³/mol. The molecule has 206 valence electrons. The third-order valence-electron chi connectivity index (χ3n) is 6.08. The van der Waals surface area contributed by atoms with Crippen molar-refractivity contribution in [2.75, 3.05) is 20.0 Å². The highest BCUT2D eigenvalue weighted by Gasteiger charge is 2.33. The maximum absolute atomic E-state index is 11.6. The van der Waals surface area contributed by atoms with E-state index in [-0.39, 0.29) is 25.0 Å². The first-order valence-electron chi connectivity index (χ1n) is 13.4. The van der Waals surface area contributed by atoms with Crippen LogP contribution in [0.4, 0.5) is 0 Å². The van der Waals surface area contributed by atoms with Crippen LogP contribution >= 0.6 is 0 Å². The fraction of sp³-hybridized carbons (Fsp3) is 0.621. The number of hydrogen-bond acceptors (Lipinski definition) is 5. The molecule has 0 fully saturated rings. The molecule has 0 rings (SSSR count). The minimum Gasteiger partial charge on any atom is -0.463 e. The van der Waals surface area contributed by atoms with Gasteiger partial charge in [-0.1, -0.05) is 95.1 Å². The van der Waals surface area contributed by atoms with E-state index in [0.29, 0.717) is 12.2 Å². The molecule has 36 heavy (non-hydrogen) atoms. The van der Waals surface area contributed by atoms with Crippen LogP contribution in [0.1, 0.15) is 41.5 Å². The highest BCUT2D eigenvalue weighted by atomic mass is 28.4. The summed E-state index contributed by atoms with van der Waals surface area (Å²) in [7, 11) is -2.85. The molecule has 0 aliphatic carbocycles. The van der Waals surface area contributed by atoms with Crippen LogP contribution in [0, 0.1) is 0 Å². The van der Waals surface area contributed by atoms with E-state index in [9.17, 15) is 4.79 Å². The fourth-order valence-electron chi connectivity index (χ4n) is 3.38. The van der Waals surface area contributed by atoms with E-state index in [0.717, 1.165) is 30.8 Å². The van der Waals surface area contributed by atoms with Gasteiger partial charge in [-0.3, -0.25) is 0 Å². The van der Waals surface area contributed by atoms with Gasteiger partial charge in [-0.05, 0) is 44.9 Å². The van der Waals surface area contributed by atoms with Gasteiger partial charge in [0.15, 0.2) is 8.32 Å². The SMILES string of the molecule is CCOC(=O)/C(C)=C/C=C/C=C/C=C/C=C/[C@H](OCOCC[Si](C)(C)C)[C@@H](C)O[Si](CC)(CC)CC. The Hall–Kier alpha value is -1.52. The molecule has 0 N–H and O–H groups in total. The van der Waals surface area contributed by atoms with E-state index in [1.165, 1.54) is 0 Å². The second kappa shape index (κ2) is 19.6. The Balaban J connectivity index is 5.02. The van der Waals surface area contributed by atoms with Crippen molar-refractivity contribution in [3.63, 3.8) is 0 Å². The standard InChI is InChI=1S/C29H52O5Si2/c1-10-32-29(30)26(5)21-19-17-15-14-16-18-20-22-28(33-25-31-23-24-35(7,8)9)27(6)34-36(11-2,12-3)13-4/h14-22,27-28H,10-13,23-25H2,1-9H3/b15-14+,18-16+,19-17+,22-20+,26-21+/t27-,28+/m1/s1. The molecular weight excluding hydrogens is 484 g/mol. The van der Waals surface area contributed by atoms with Crippen molar-refractivity contribution in [3.05, 3.63) is 60.3 Å². The molecule has 7 heteroatoms. The van der Waals surface area contributed by atoms with Gasteiger partial charge >= 0.3 is 5.97 Å². The topological polar surface area (TPSA) is 54.0 Å². The Morgan fingerprint density at radius 3 is 1.94 bits per heavy atom. The molecule has 0 saturated carbocycles. The first-order valence-corrected chi connectivity index (χ1v) is 19.7. The smallest absolute Gasteiger partial charge is 0.333 e. The number of carbonyl (C=O) groups is 1. The number of rotatable bonds is 19. The minimum atomic E-state index is -1.74. The maximum Gasteiger partial charge on any atom is 0.333 e. The molecule has 0 aromatic rings. The van der Waals surface area contributed by atoms with Crippen LogP contribution in [-0.2, 0) is 23.4 Å². The largest absolute Gasteiger partial charge is 0.463 e. The van der Waals surface area contributed by atoms with E-state index < -0.39 is 16.4 Å². The van der Waals surface area contributed by atoms with Gasteiger partial charge in [-0.15, -0.1) is 0 Å². The summed E-state index contributed by atoms with van der Waals surface area (Å²) in [5.41, 5.74) is 0.577. The Labute approximate surface area is 223 Å². The monoisotopic (exact) mass is 536 g/mol. The van der Waals surface area contributed by atoms with Gasteiger partial charge in [-0.2, -0.15) is 0 Å². The molecule has 0 heterocycles. The first kappa shape index (κ1) is 34.5. The van der Waals surface area contributed by atoms with Crippen LogP contribution < -0.4 is 0 Å². The molecule has 0 bridgehead atoms. The Morgan fingerprint density at radius 1 is 0.861 bits per heavy atom. The van der Waals surface area contributed by atoms with Crippen molar-refractivity contribution in [1.82, 2.24) is 0 Å². The van der Waals surface area contributed by atoms with E-state index in [1.807, 2.05) is 42.5 Å². The van der Waals surface area contributed by atoms with Crippen molar-refractivity contribution < 1.29 is 23.4 Å². The normalized spacial score (nSPS) is 15.5. The zero-order valence-electron chi connectivity index (χ0n) is 24.3. The van der Waals surface area contributed by atoms with Crippen molar-refractivity contribution in [1.29, 1.82) is 0 Å². The van der Waals surface area contributed by atoms with Gasteiger partial charge in [-0.25, -0.2) is 4.79 Å². The van der Waals surface area contributed by atoms with Gasteiger partial charge in [0, 0.05) is 20.3 Å². The molecule has 0 saturated heterocycles. The van der Waals surface area contributed by atoms with Crippen LogP contribution in [0.2, 0.25) is 43.8 Å². The molecule has 0 aliphatic rings. The third-order valence-corrected chi connectivity index (χ3v) is 12.5. The summed E-state index contributed by atoms with van der Waals surface area (Å²) in [6, 6.07) is 4.46. The summed E-state index contributed by atoms with van der Waals surface area (Å²) < 4.78 is 23.5. The molecule has 5 nitrogen and oxygen atoms in total. The van der Waals surface area contributed by atoms with Crippen LogP contribution in [0.3, 0.4) is 0 Å². The summed E-state index contributed by atoms with van der Waals surface area (Å²) in [5.74, 6) is -0.288. The summed E-state index contributed by atoms with van der Waals surface area (Å²) in [6.07, 6.45) is 17.1. The highest BCUT2D eigenvalue weighted by Crippen LogP contribution is 2.25. The van der Waals surface area contributed by atoms with Gasteiger partial charge in [0.1, 0.15) is 12.9 Å². The number of allylic oxidation sites excluding steroid dienone is 8. The van der Waals surface area contributed by atoms with E-state index in [1.54, 1.807) is 19.9 Å². The highest BCUT2D eigenvalue weighted by molar-refractivity contribution is 6.76.